The summed E-state index contributed by atoms with van der Waals surface area (Å²) in [5.41, 5.74) is 1.51. The number of amides is 2. The standard InChI is InChI=1S/C12H17ClN4O2/c1-4-17-9(11(13)7(2)15-17)5-16-6-10(18)14-8(3)12(16)19/h8H,4-6H2,1-3H3,(H,14,18). The largest absolute Gasteiger partial charge is 0.343 e. The van der Waals surface area contributed by atoms with Gasteiger partial charge in [-0.05, 0) is 20.8 Å². The van der Waals surface area contributed by atoms with Crippen molar-refractivity contribution >= 4 is 23.4 Å². The Morgan fingerprint density at radius 3 is 2.79 bits per heavy atom. The molecule has 0 aliphatic carbocycles. The molecule has 0 spiro atoms. The van der Waals surface area contributed by atoms with Crippen molar-refractivity contribution in [3.63, 3.8) is 0 Å². The minimum Gasteiger partial charge on any atom is -0.343 e. The van der Waals surface area contributed by atoms with Crippen LogP contribution in [-0.4, -0.2) is 39.1 Å². The highest BCUT2D eigenvalue weighted by Gasteiger charge is 2.30. The molecule has 0 saturated carbocycles. The topological polar surface area (TPSA) is 67.2 Å². The number of carbonyl (C=O) groups excluding carboxylic acids is 2. The molecule has 2 amide bonds. The minimum atomic E-state index is -0.487. The average molecular weight is 285 g/mol. The summed E-state index contributed by atoms with van der Waals surface area (Å²) in [7, 11) is 0. The minimum absolute atomic E-state index is 0.0629. The van der Waals surface area contributed by atoms with Gasteiger partial charge in [0.15, 0.2) is 0 Å². The number of piperazine rings is 1. The molecule has 104 valence electrons. The number of nitrogens with one attached hydrogen (secondary N) is 1. The highest BCUT2D eigenvalue weighted by atomic mass is 35.5. The third-order valence-electron chi connectivity index (χ3n) is 3.19. The van der Waals surface area contributed by atoms with E-state index < -0.39 is 6.04 Å². The van der Waals surface area contributed by atoms with Gasteiger partial charge in [0.2, 0.25) is 11.8 Å². The average Bonchev–Trinajstić information content (AvgIpc) is 2.63. The van der Waals surface area contributed by atoms with Crippen molar-refractivity contribution in [2.24, 2.45) is 0 Å². The van der Waals surface area contributed by atoms with Crippen LogP contribution in [0.2, 0.25) is 5.02 Å². The summed E-state index contributed by atoms with van der Waals surface area (Å²) in [6, 6.07) is -0.487. The first kappa shape index (κ1) is 13.9. The first-order valence-electron chi connectivity index (χ1n) is 6.24. The maximum absolute atomic E-state index is 12.0. The van der Waals surface area contributed by atoms with Gasteiger partial charge in [-0.2, -0.15) is 5.10 Å². The van der Waals surface area contributed by atoms with Gasteiger partial charge in [-0.15, -0.1) is 0 Å². The molecule has 1 aromatic heterocycles. The van der Waals surface area contributed by atoms with Crippen LogP contribution >= 0.6 is 11.6 Å². The molecule has 2 heterocycles. The maximum atomic E-state index is 12.0. The van der Waals surface area contributed by atoms with Crippen molar-refractivity contribution in [1.29, 1.82) is 0 Å². The lowest BCUT2D eigenvalue weighted by molar-refractivity contribution is -0.144. The number of rotatable bonds is 3. The van der Waals surface area contributed by atoms with E-state index in [1.54, 1.807) is 11.6 Å². The van der Waals surface area contributed by atoms with E-state index in [4.69, 9.17) is 11.6 Å². The molecule has 19 heavy (non-hydrogen) atoms. The summed E-state index contributed by atoms with van der Waals surface area (Å²) in [5, 5.41) is 7.47. The number of halogens is 1. The van der Waals surface area contributed by atoms with Gasteiger partial charge in [-0.3, -0.25) is 14.3 Å². The predicted molar refractivity (Wildman–Crippen MR) is 70.7 cm³/mol. The molecule has 7 heteroatoms. The molecule has 0 bridgehead atoms. The van der Waals surface area contributed by atoms with Crippen LogP contribution in [0.4, 0.5) is 0 Å². The van der Waals surface area contributed by atoms with E-state index in [9.17, 15) is 9.59 Å². The number of hydrogen-bond acceptors (Lipinski definition) is 3. The normalized spacial score (nSPS) is 19.8. The second-order valence-electron chi connectivity index (χ2n) is 4.65. The van der Waals surface area contributed by atoms with Crippen LogP contribution in [-0.2, 0) is 22.7 Å². The van der Waals surface area contributed by atoms with Gasteiger partial charge in [0.25, 0.3) is 0 Å². The Hall–Kier alpha value is -1.56. The fraction of sp³-hybridized carbons (Fsp3) is 0.583. The summed E-state index contributed by atoms with van der Waals surface area (Å²) < 4.78 is 1.77. The summed E-state index contributed by atoms with van der Waals surface area (Å²) in [5.74, 6) is -0.250. The molecular formula is C12H17ClN4O2. The fourth-order valence-corrected chi connectivity index (χ4v) is 2.40. The SMILES string of the molecule is CCn1nc(C)c(Cl)c1CN1CC(=O)NC(C)C1=O. The third kappa shape index (κ3) is 2.58. The number of aryl methyl sites for hydroxylation is 2. The molecule has 0 aromatic carbocycles. The molecule has 2 rings (SSSR count). The van der Waals surface area contributed by atoms with Gasteiger partial charge in [0.1, 0.15) is 12.6 Å². The van der Waals surface area contributed by atoms with Gasteiger partial charge >= 0.3 is 0 Å². The van der Waals surface area contributed by atoms with E-state index in [-0.39, 0.29) is 18.4 Å². The Balaban J connectivity index is 2.25. The molecule has 1 fully saturated rings. The Bertz CT molecular complexity index is 526. The highest BCUT2D eigenvalue weighted by Crippen LogP contribution is 2.22. The zero-order chi connectivity index (χ0) is 14.2. The van der Waals surface area contributed by atoms with Gasteiger partial charge in [0, 0.05) is 6.54 Å². The van der Waals surface area contributed by atoms with Crippen molar-refractivity contribution in [1.82, 2.24) is 20.0 Å². The molecule has 1 saturated heterocycles. The van der Waals surface area contributed by atoms with Crippen molar-refractivity contribution < 1.29 is 9.59 Å². The first-order chi connectivity index (χ1) is 8.93. The second kappa shape index (κ2) is 5.21. The summed E-state index contributed by atoms with van der Waals surface area (Å²) in [6.45, 7) is 6.51. The zero-order valence-corrected chi connectivity index (χ0v) is 12.0. The number of carbonyl (C=O) groups is 2. The number of nitrogens with zero attached hydrogens (tertiary/aromatic N) is 3. The highest BCUT2D eigenvalue weighted by molar-refractivity contribution is 6.31. The van der Waals surface area contributed by atoms with Crippen molar-refractivity contribution in [3.05, 3.63) is 16.4 Å². The maximum Gasteiger partial charge on any atom is 0.245 e. The quantitative estimate of drug-likeness (QED) is 0.889. The van der Waals surface area contributed by atoms with Gasteiger partial charge in [-0.1, -0.05) is 11.6 Å². The Morgan fingerprint density at radius 2 is 2.16 bits per heavy atom. The molecule has 1 aliphatic heterocycles. The Labute approximate surface area is 116 Å². The number of aromatic nitrogens is 2. The lowest BCUT2D eigenvalue weighted by Gasteiger charge is -2.30. The molecular weight excluding hydrogens is 268 g/mol. The smallest absolute Gasteiger partial charge is 0.245 e. The summed E-state index contributed by atoms with van der Waals surface area (Å²) in [4.78, 5) is 25.0. The molecule has 0 radical (unpaired) electrons. The lowest BCUT2D eigenvalue weighted by atomic mass is 10.2. The Kier molecular flexibility index (Phi) is 3.80. The molecule has 6 nitrogen and oxygen atoms in total. The summed E-state index contributed by atoms with van der Waals surface area (Å²) >= 11 is 6.21. The van der Waals surface area contributed by atoms with Crippen LogP contribution in [0.15, 0.2) is 0 Å². The van der Waals surface area contributed by atoms with Gasteiger partial charge < -0.3 is 10.2 Å². The molecule has 1 N–H and O–H groups in total. The van der Waals surface area contributed by atoms with E-state index in [1.165, 1.54) is 4.90 Å². The lowest BCUT2D eigenvalue weighted by Crippen LogP contribution is -2.56. The van der Waals surface area contributed by atoms with E-state index in [0.29, 0.717) is 18.1 Å². The monoisotopic (exact) mass is 284 g/mol. The van der Waals surface area contributed by atoms with Crippen LogP contribution in [0, 0.1) is 6.92 Å². The number of hydrogen-bond donors (Lipinski definition) is 1. The van der Waals surface area contributed by atoms with Crippen LogP contribution in [0.25, 0.3) is 0 Å². The first-order valence-corrected chi connectivity index (χ1v) is 6.61. The van der Waals surface area contributed by atoms with E-state index >= 15 is 0 Å². The molecule has 1 atom stereocenters. The molecule has 1 aromatic rings. The zero-order valence-electron chi connectivity index (χ0n) is 11.2. The van der Waals surface area contributed by atoms with Crippen LogP contribution in [0.3, 0.4) is 0 Å². The van der Waals surface area contributed by atoms with E-state index in [1.807, 2.05) is 13.8 Å². The van der Waals surface area contributed by atoms with E-state index in [2.05, 4.69) is 10.4 Å². The Morgan fingerprint density at radius 1 is 1.47 bits per heavy atom. The predicted octanol–water partition coefficient (Wildman–Crippen LogP) is 0.712. The van der Waals surface area contributed by atoms with Crippen LogP contribution in [0.1, 0.15) is 25.2 Å². The fourth-order valence-electron chi connectivity index (χ4n) is 2.21. The van der Waals surface area contributed by atoms with Crippen LogP contribution < -0.4 is 5.32 Å². The summed E-state index contributed by atoms with van der Waals surface area (Å²) in [6.07, 6.45) is 0. The van der Waals surface area contributed by atoms with Crippen molar-refractivity contribution in [2.45, 2.75) is 39.9 Å². The van der Waals surface area contributed by atoms with Crippen molar-refractivity contribution in [3.8, 4) is 0 Å². The van der Waals surface area contributed by atoms with E-state index in [0.717, 1.165) is 11.4 Å². The van der Waals surface area contributed by atoms with Gasteiger partial charge in [0.05, 0.1) is 23.0 Å². The molecule has 1 aliphatic rings. The van der Waals surface area contributed by atoms with Crippen LogP contribution in [0.5, 0.6) is 0 Å². The van der Waals surface area contributed by atoms with Crippen molar-refractivity contribution in [2.75, 3.05) is 6.54 Å². The van der Waals surface area contributed by atoms with Gasteiger partial charge in [-0.25, -0.2) is 0 Å². The third-order valence-corrected chi connectivity index (χ3v) is 3.68. The second-order valence-corrected chi connectivity index (χ2v) is 5.02. The molecule has 1 unspecified atom stereocenters.